The van der Waals surface area contributed by atoms with Crippen LogP contribution in [0.25, 0.3) is 0 Å². The van der Waals surface area contributed by atoms with Gasteiger partial charge >= 0.3 is 0 Å². The number of hydrogen-bond donors (Lipinski definition) is 1. The summed E-state index contributed by atoms with van der Waals surface area (Å²) >= 11 is 0. The molecule has 0 bridgehead atoms. The number of nitrogens with one attached hydrogen (secondary N) is 1. The fourth-order valence-electron chi connectivity index (χ4n) is 4.46. The number of fused-ring (bicyclic) bond motifs is 3. The van der Waals surface area contributed by atoms with Crippen molar-refractivity contribution in [1.82, 2.24) is 4.90 Å². The molecule has 6 nitrogen and oxygen atoms in total. The van der Waals surface area contributed by atoms with Crippen LogP contribution in [0, 0.1) is 5.41 Å². The molecule has 0 radical (unpaired) electrons. The molecule has 2 aromatic carbocycles. The average Bonchev–Trinajstić information content (AvgIpc) is 2.77. The Bertz CT molecular complexity index is 1040. The molecule has 0 unspecified atom stereocenters. The Labute approximate surface area is 190 Å². The zero-order valence-corrected chi connectivity index (χ0v) is 19.9. The lowest BCUT2D eigenvalue weighted by Crippen LogP contribution is -2.41. The van der Waals surface area contributed by atoms with Gasteiger partial charge in [0.15, 0.2) is 11.5 Å². The standard InChI is InChI=1S/C26H33N3O3/c1-26(2,3)25(30)27-17-9-7-16(8-10-17)24-19-14-23(32-6)22(31-5)13-18(19)20-15-29(4)12-11-21(20)28-24/h7-10,13-14,20-21H,11-12,15H2,1-6H3,(H,27,30)/t20-,21-/m1/s1. The van der Waals surface area contributed by atoms with E-state index >= 15 is 0 Å². The monoisotopic (exact) mass is 435 g/mol. The van der Waals surface area contributed by atoms with Crippen molar-refractivity contribution in [1.29, 1.82) is 0 Å². The number of nitrogens with zero attached hydrogens (tertiary/aromatic N) is 2. The van der Waals surface area contributed by atoms with Crippen LogP contribution in [-0.2, 0) is 4.79 Å². The van der Waals surface area contributed by atoms with E-state index in [1.54, 1.807) is 14.2 Å². The van der Waals surface area contributed by atoms with Crippen LogP contribution < -0.4 is 14.8 Å². The normalized spacial score (nSPS) is 20.6. The summed E-state index contributed by atoms with van der Waals surface area (Å²) in [5.41, 5.74) is 4.70. The van der Waals surface area contributed by atoms with Gasteiger partial charge in [-0.2, -0.15) is 0 Å². The first-order valence-corrected chi connectivity index (χ1v) is 11.2. The first kappa shape index (κ1) is 22.3. The highest BCUT2D eigenvalue weighted by Crippen LogP contribution is 2.42. The number of carbonyl (C=O) groups excluding carboxylic acids is 1. The van der Waals surface area contributed by atoms with Crippen LogP contribution >= 0.6 is 0 Å². The number of anilines is 1. The number of likely N-dealkylation sites (tertiary alicyclic amines) is 1. The summed E-state index contributed by atoms with van der Waals surface area (Å²) in [6.45, 7) is 7.73. The molecule has 170 valence electrons. The number of rotatable bonds is 4. The predicted octanol–water partition coefficient (Wildman–Crippen LogP) is 4.33. The van der Waals surface area contributed by atoms with Gasteiger partial charge in [0, 0.05) is 34.7 Å². The van der Waals surface area contributed by atoms with Gasteiger partial charge in [0.25, 0.3) is 0 Å². The molecule has 1 fully saturated rings. The molecular formula is C26H33N3O3. The molecular weight excluding hydrogens is 402 g/mol. The Kier molecular flexibility index (Phi) is 5.99. The quantitative estimate of drug-likeness (QED) is 0.777. The van der Waals surface area contributed by atoms with Gasteiger partial charge < -0.3 is 19.7 Å². The van der Waals surface area contributed by atoms with Crippen LogP contribution in [0.5, 0.6) is 11.5 Å². The van der Waals surface area contributed by atoms with E-state index in [0.717, 1.165) is 47.8 Å². The maximum absolute atomic E-state index is 12.3. The van der Waals surface area contributed by atoms with Crippen LogP contribution in [0.15, 0.2) is 41.4 Å². The molecule has 0 aliphatic carbocycles. The molecule has 32 heavy (non-hydrogen) atoms. The molecule has 0 saturated carbocycles. The first-order chi connectivity index (χ1) is 15.2. The Morgan fingerprint density at radius 3 is 2.38 bits per heavy atom. The number of ether oxygens (including phenoxy) is 2. The van der Waals surface area contributed by atoms with Gasteiger partial charge in [-0.3, -0.25) is 9.79 Å². The lowest BCUT2D eigenvalue weighted by molar-refractivity contribution is -0.123. The Morgan fingerprint density at radius 1 is 1.09 bits per heavy atom. The van der Waals surface area contributed by atoms with Crippen molar-refractivity contribution in [3.63, 3.8) is 0 Å². The highest BCUT2D eigenvalue weighted by atomic mass is 16.5. The smallest absolute Gasteiger partial charge is 0.229 e. The molecule has 1 saturated heterocycles. The summed E-state index contributed by atoms with van der Waals surface area (Å²) in [4.78, 5) is 19.9. The van der Waals surface area contributed by atoms with Crippen LogP contribution in [-0.4, -0.2) is 56.9 Å². The maximum Gasteiger partial charge on any atom is 0.229 e. The molecule has 2 aromatic rings. The van der Waals surface area contributed by atoms with Gasteiger partial charge in [0.05, 0.1) is 26.0 Å². The molecule has 1 N–H and O–H groups in total. The number of aliphatic imine (C=N–C) groups is 1. The third-order valence-electron chi connectivity index (χ3n) is 6.38. The topological polar surface area (TPSA) is 63.2 Å². The van der Waals surface area contributed by atoms with Crippen molar-refractivity contribution in [3.8, 4) is 11.5 Å². The average molecular weight is 436 g/mol. The number of methoxy groups -OCH3 is 2. The van der Waals surface area contributed by atoms with Gasteiger partial charge in [-0.15, -0.1) is 0 Å². The Morgan fingerprint density at radius 2 is 1.75 bits per heavy atom. The van der Waals surface area contributed by atoms with E-state index < -0.39 is 5.41 Å². The fraction of sp³-hybridized carbons (Fsp3) is 0.462. The van der Waals surface area contributed by atoms with E-state index in [1.807, 2.05) is 51.1 Å². The maximum atomic E-state index is 12.3. The number of benzene rings is 2. The van der Waals surface area contributed by atoms with E-state index in [2.05, 4.69) is 23.3 Å². The molecule has 0 aromatic heterocycles. The van der Waals surface area contributed by atoms with E-state index in [-0.39, 0.29) is 11.9 Å². The molecule has 2 aliphatic rings. The van der Waals surface area contributed by atoms with Gasteiger partial charge in [-0.1, -0.05) is 32.9 Å². The second-order valence-corrected chi connectivity index (χ2v) is 9.78. The minimum atomic E-state index is -0.441. The number of carbonyl (C=O) groups is 1. The number of likely N-dealkylation sites (N-methyl/N-ethyl adjacent to an activating group) is 1. The van der Waals surface area contributed by atoms with Crippen molar-refractivity contribution in [2.75, 3.05) is 39.7 Å². The van der Waals surface area contributed by atoms with Crippen LogP contribution in [0.3, 0.4) is 0 Å². The second-order valence-electron chi connectivity index (χ2n) is 9.78. The second kappa shape index (κ2) is 8.58. The predicted molar refractivity (Wildman–Crippen MR) is 128 cm³/mol. The minimum Gasteiger partial charge on any atom is -0.493 e. The van der Waals surface area contributed by atoms with Gasteiger partial charge in [-0.05, 0) is 49.8 Å². The van der Waals surface area contributed by atoms with Crippen molar-refractivity contribution < 1.29 is 14.3 Å². The summed E-state index contributed by atoms with van der Waals surface area (Å²) in [6.07, 6.45) is 1.03. The van der Waals surface area contributed by atoms with E-state index in [4.69, 9.17) is 14.5 Å². The lowest BCUT2D eigenvalue weighted by Gasteiger charge is -2.39. The summed E-state index contributed by atoms with van der Waals surface area (Å²) in [5.74, 6) is 1.78. The minimum absolute atomic E-state index is 0.00315. The summed E-state index contributed by atoms with van der Waals surface area (Å²) in [6, 6.07) is 12.4. The largest absolute Gasteiger partial charge is 0.493 e. The van der Waals surface area contributed by atoms with Crippen LogP contribution in [0.4, 0.5) is 5.69 Å². The number of hydrogen-bond acceptors (Lipinski definition) is 5. The first-order valence-electron chi connectivity index (χ1n) is 11.2. The third-order valence-corrected chi connectivity index (χ3v) is 6.38. The van der Waals surface area contributed by atoms with E-state index in [1.165, 1.54) is 5.56 Å². The van der Waals surface area contributed by atoms with Crippen molar-refractivity contribution in [2.45, 2.75) is 39.2 Å². The van der Waals surface area contributed by atoms with E-state index in [9.17, 15) is 4.79 Å². The Balaban J connectivity index is 1.73. The molecule has 2 aliphatic heterocycles. The van der Waals surface area contributed by atoms with Gasteiger partial charge in [0.2, 0.25) is 5.91 Å². The summed E-state index contributed by atoms with van der Waals surface area (Å²) in [5, 5.41) is 2.99. The van der Waals surface area contributed by atoms with Crippen molar-refractivity contribution in [3.05, 3.63) is 53.1 Å². The van der Waals surface area contributed by atoms with Crippen LogP contribution in [0.1, 0.15) is 49.8 Å². The molecule has 4 rings (SSSR count). The molecule has 1 amide bonds. The number of amides is 1. The van der Waals surface area contributed by atoms with E-state index in [0.29, 0.717) is 11.7 Å². The molecule has 0 spiro atoms. The summed E-state index contributed by atoms with van der Waals surface area (Å²) in [7, 11) is 5.51. The zero-order chi connectivity index (χ0) is 23.0. The van der Waals surface area contributed by atoms with Gasteiger partial charge in [-0.25, -0.2) is 0 Å². The lowest BCUT2D eigenvalue weighted by atomic mass is 9.79. The van der Waals surface area contributed by atoms with Crippen molar-refractivity contribution in [2.24, 2.45) is 10.4 Å². The molecule has 6 heteroatoms. The third kappa shape index (κ3) is 4.24. The zero-order valence-electron chi connectivity index (χ0n) is 19.9. The van der Waals surface area contributed by atoms with Crippen molar-refractivity contribution >= 4 is 17.3 Å². The Hall–Kier alpha value is -2.86. The SMILES string of the molecule is COc1cc2c(cc1OC)[C@H]1CN(C)CC[C@H]1N=C2c1ccc(NC(=O)C(C)(C)C)cc1. The van der Waals surface area contributed by atoms with Gasteiger partial charge in [0.1, 0.15) is 0 Å². The fourth-order valence-corrected chi connectivity index (χ4v) is 4.46. The number of piperidine rings is 1. The molecule has 2 atom stereocenters. The highest BCUT2D eigenvalue weighted by Gasteiger charge is 2.36. The highest BCUT2D eigenvalue weighted by molar-refractivity contribution is 6.15. The summed E-state index contributed by atoms with van der Waals surface area (Å²) < 4.78 is 11.2. The molecule has 2 heterocycles. The van der Waals surface area contributed by atoms with Crippen LogP contribution in [0.2, 0.25) is 0 Å².